The lowest BCUT2D eigenvalue weighted by molar-refractivity contribution is 0.107. The van der Waals surface area contributed by atoms with Crippen LogP contribution in [0, 0.1) is 11.3 Å². The minimum atomic E-state index is -0.0234. The molecule has 0 unspecified atom stereocenters. The van der Waals surface area contributed by atoms with Gasteiger partial charge in [0.15, 0.2) is 11.5 Å². The topological polar surface area (TPSA) is 70.8 Å². The van der Waals surface area contributed by atoms with Gasteiger partial charge in [-0.2, -0.15) is 5.26 Å². The van der Waals surface area contributed by atoms with Crippen molar-refractivity contribution in [2.45, 2.75) is 18.6 Å². The van der Waals surface area contributed by atoms with Gasteiger partial charge in [0.2, 0.25) is 0 Å². The number of benzene rings is 1. The van der Waals surface area contributed by atoms with E-state index in [1.54, 1.807) is 6.20 Å². The van der Waals surface area contributed by atoms with E-state index in [0.717, 1.165) is 12.0 Å². The van der Waals surface area contributed by atoms with Gasteiger partial charge in [-0.1, -0.05) is 30.3 Å². The molecule has 1 aromatic heterocycles. The Morgan fingerprint density at radius 3 is 2.80 bits per heavy atom. The monoisotopic (exact) mass is 266 g/mol. The van der Waals surface area contributed by atoms with Gasteiger partial charge in [-0.05, 0) is 12.0 Å². The number of rotatable bonds is 3. The standard InChI is InChI=1S/C15H14N4O/c16-10-13-15(18-8-7-17-13)19-12-6-9-20-14(12)11-4-2-1-3-5-11/h1-5,7-8,12,14H,6,9H2,(H,18,19)/t12-,14-/m0/s1. The summed E-state index contributed by atoms with van der Waals surface area (Å²) in [5.74, 6) is 0.520. The molecule has 2 aromatic rings. The van der Waals surface area contributed by atoms with Crippen molar-refractivity contribution >= 4 is 5.82 Å². The van der Waals surface area contributed by atoms with Crippen LogP contribution in [0.1, 0.15) is 23.8 Å². The zero-order valence-electron chi connectivity index (χ0n) is 10.9. The SMILES string of the molecule is N#Cc1nccnc1N[C@H]1CCO[C@H]1c1ccccc1. The van der Waals surface area contributed by atoms with Crippen LogP contribution < -0.4 is 5.32 Å². The molecule has 1 saturated heterocycles. The molecule has 0 radical (unpaired) electrons. The Bertz CT molecular complexity index is 623. The number of aromatic nitrogens is 2. The number of nitrogens with zero attached hydrogens (tertiary/aromatic N) is 3. The van der Waals surface area contributed by atoms with Crippen molar-refractivity contribution in [3.8, 4) is 6.07 Å². The Labute approximate surface area is 117 Å². The summed E-state index contributed by atoms with van der Waals surface area (Å²) in [6, 6.07) is 12.2. The molecule has 1 aliphatic heterocycles. The molecular formula is C15H14N4O. The Hall–Kier alpha value is -2.45. The van der Waals surface area contributed by atoms with Gasteiger partial charge in [-0.25, -0.2) is 9.97 Å². The quantitative estimate of drug-likeness (QED) is 0.922. The number of anilines is 1. The molecule has 2 heterocycles. The van der Waals surface area contributed by atoms with Crippen molar-refractivity contribution in [3.63, 3.8) is 0 Å². The largest absolute Gasteiger partial charge is 0.371 e. The van der Waals surface area contributed by atoms with E-state index < -0.39 is 0 Å². The highest BCUT2D eigenvalue weighted by Gasteiger charge is 2.30. The molecule has 1 N–H and O–H groups in total. The number of ether oxygens (including phenoxy) is 1. The van der Waals surface area contributed by atoms with Gasteiger partial charge in [0.1, 0.15) is 12.2 Å². The van der Waals surface area contributed by atoms with E-state index in [4.69, 9.17) is 10.00 Å². The van der Waals surface area contributed by atoms with Crippen LogP contribution in [0.4, 0.5) is 5.82 Å². The second-order valence-electron chi connectivity index (χ2n) is 4.61. The maximum atomic E-state index is 9.05. The van der Waals surface area contributed by atoms with E-state index in [1.807, 2.05) is 36.4 Å². The molecule has 0 spiro atoms. The van der Waals surface area contributed by atoms with Gasteiger partial charge in [0.25, 0.3) is 0 Å². The van der Waals surface area contributed by atoms with E-state index >= 15 is 0 Å². The zero-order valence-corrected chi connectivity index (χ0v) is 10.9. The van der Waals surface area contributed by atoms with E-state index in [9.17, 15) is 0 Å². The van der Waals surface area contributed by atoms with Crippen molar-refractivity contribution < 1.29 is 4.74 Å². The van der Waals surface area contributed by atoms with Crippen LogP contribution in [0.15, 0.2) is 42.7 Å². The summed E-state index contributed by atoms with van der Waals surface area (Å²) in [5.41, 5.74) is 1.44. The molecule has 1 fully saturated rings. The molecular weight excluding hydrogens is 252 g/mol. The number of hydrogen-bond acceptors (Lipinski definition) is 5. The van der Waals surface area contributed by atoms with Crippen molar-refractivity contribution in [1.29, 1.82) is 5.26 Å². The van der Waals surface area contributed by atoms with Crippen LogP contribution in [-0.2, 0) is 4.74 Å². The highest BCUT2D eigenvalue weighted by Crippen LogP contribution is 2.31. The predicted molar refractivity (Wildman–Crippen MR) is 73.9 cm³/mol. The molecule has 0 amide bonds. The molecule has 100 valence electrons. The molecule has 1 aliphatic rings. The van der Waals surface area contributed by atoms with E-state index in [1.165, 1.54) is 6.20 Å². The summed E-state index contributed by atoms with van der Waals surface area (Å²) >= 11 is 0. The Balaban J connectivity index is 1.82. The molecule has 0 aliphatic carbocycles. The summed E-state index contributed by atoms with van der Waals surface area (Å²) in [4.78, 5) is 8.20. The third-order valence-electron chi connectivity index (χ3n) is 3.35. The Morgan fingerprint density at radius 1 is 1.20 bits per heavy atom. The van der Waals surface area contributed by atoms with Gasteiger partial charge in [0.05, 0.1) is 6.04 Å². The maximum absolute atomic E-state index is 9.05. The molecule has 20 heavy (non-hydrogen) atoms. The average Bonchev–Trinajstić information content (AvgIpc) is 2.97. The zero-order chi connectivity index (χ0) is 13.8. The molecule has 5 heteroatoms. The number of nitriles is 1. The minimum Gasteiger partial charge on any atom is -0.371 e. The highest BCUT2D eigenvalue weighted by atomic mass is 16.5. The second-order valence-corrected chi connectivity index (χ2v) is 4.61. The lowest BCUT2D eigenvalue weighted by atomic mass is 10.0. The van der Waals surface area contributed by atoms with Crippen LogP contribution in [0.5, 0.6) is 0 Å². The van der Waals surface area contributed by atoms with Gasteiger partial charge >= 0.3 is 0 Å². The van der Waals surface area contributed by atoms with E-state index in [0.29, 0.717) is 18.1 Å². The summed E-state index contributed by atoms with van der Waals surface area (Å²) < 4.78 is 5.80. The molecule has 0 bridgehead atoms. The smallest absolute Gasteiger partial charge is 0.182 e. The van der Waals surface area contributed by atoms with Crippen molar-refractivity contribution in [1.82, 2.24) is 9.97 Å². The van der Waals surface area contributed by atoms with Gasteiger partial charge in [-0.3, -0.25) is 0 Å². The summed E-state index contributed by atoms with van der Waals surface area (Å²) in [5, 5.41) is 12.3. The lowest BCUT2D eigenvalue weighted by Gasteiger charge is -2.20. The first-order valence-electron chi connectivity index (χ1n) is 6.52. The predicted octanol–water partition coefficient (Wildman–Crippen LogP) is 2.29. The Kier molecular flexibility index (Phi) is 3.57. The van der Waals surface area contributed by atoms with Gasteiger partial charge < -0.3 is 10.1 Å². The lowest BCUT2D eigenvalue weighted by Crippen LogP contribution is -2.24. The van der Waals surface area contributed by atoms with Gasteiger partial charge in [-0.15, -0.1) is 0 Å². The van der Waals surface area contributed by atoms with Crippen LogP contribution in [0.3, 0.4) is 0 Å². The van der Waals surface area contributed by atoms with Crippen LogP contribution in [0.2, 0.25) is 0 Å². The third-order valence-corrected chi connectivity index (χ3v) is 3.35. The molecule has 0 saturated carbocycles. The van der Waals surface area contributed by atoms with Crippen molar-refractivity contribution in [2.75, 3.05) is 11.9 Å². The van der Waals surface area contributed by atoms with E-state index in [-0.39, 0.29) is 12.1 Å². The molecule has 1 aromatic carbocycles. The summed E-state index contributed by atoms with van der Waals surface area (Å²) in [6.45, 7) is 0.694. The number of nitrogens with one attached hydrogen (secondary N) is 1. The van der Waals surface area contributed by atoms with Crippen molar-refractivity contribution in [3.05, 3.63) is 54.0 Å². The fourth-order valence-corrected chi connectivity index (χ4v) is 2.41. The highest BCUT2D eigenvalue weighted by molar-refractivity contribution is 5.48. The van der Waals surface area contributed by atoms with Crippen LogP contribution in [0.25, 0.3) is 0 Å². The van der Waals surface area contributed by atoms with Crippen LogP contribution in [-0.4, -0.2) is 22.6 Å². The fraction of sp³-hybridized carbons (Fsp3) is 0.267. The normalized spacial score (nSPS) is 21.4. The van der Waals surface area contributed by atoms with E-state index in [2.05, 4.69) is 15.3 Å². The average molecular weight is 266 g/mol. The Morgan fingerprint density at radius 2 is 2.00 bits per heavy atom. The van der Waals surface area contributed by atoms with Crippen LogP contribution >= 0.6 is 0 Å². The van der Waals surface area contributed by atoms with Gasteiger partial charge in [0, 0.05) is 19.0 Å². The maximum Gasteiger partial charge on any atom is 0.182 e. The molecule has 3 rings (SSSR count). The number of hydrogen-bond donors (Lipinski definition) is 1. The summed E-state index contributed by atoms with van der Waals surface area (Å²) in [7, 11) is 0. The third kappa shape index (κ3) is 2.46. The first-order valence-corrected chi connectivity index (χ1v) is 6.52. The molecule has 5 nitrogen and oxygen atoms in total. The first kappa shape index (κ1) is 12.6. The van der Waals surface area contributed by atoms with Crippen molar-refractivity contribution in [2.24, 2.45) is 0 Å². The second kappa shape index (κ2) is 5.68. The minimum absolute atomic E-state index is 0.0234. The molecule has 2 atom stereocenters. The summed E-state index contributed by atoms with van der Waals surface area (Å²) in [6.07, 6.45) is 3.95. The fourth-order valence-electron chi connectivity index (χ4n) is 2.41. The first-order chi connectivity index (χ1) is 9.88.